The van der Waals surface area contributed by atoms with E-state index in [9.17, 15) is 8.42 Å². The molecule has 2 unspecified atom stereocenters. The first-order chi connectivity index (χ1) is 8.48. The highest BCUT2D eigenvalue weighted by Gasteiger charge is 2.40. The van der Waals surface area contributed by atoms with Crippen LogP contribution in [0, 0.1) is 0 Å². The van der Waals surface area contributed by atoms with Gasteiger partial charge in [-0.1, -0.05) is 0 Å². The van der Waals surface area contributed by atoms with Crippen molar-refractivity contribution in [2.75, 3.05) is 11.5 Å². The van der Waals surface area contributed by atoms with Crippen molar-refractivity contribution in [2.45, 2.75) is 44.2 Å². The van der Waals surface area contributed by atoms with Crippen molar-refractivity contribution in [1.29, 1.82) is 0 Å². The average Bonchev–Trinajstić information content (AvgIpc) is 2.84. The molecule has 1 N–H and O–H groups in total. The first-order valence-electron chi connectivity index (χ1n) is 6.52. The number of fused-ring (bicyclic) bond motifs is 1. The van der Waals surface area contributed by atoms with E-state index in [0.717, 1.165) is 25.0 Å². The molecule has 0 bridgehead atoms. The fourth-order valence-corrected chi connectivity index (χ4v) is 5.29. The van der Waals surface area contributed by atoms with Gasteiger partial charge in [-0.15, -0.1) is 0 Å². The van der Waals surface area contributed by atoms with Gasteiger partial charge in [0.05, 0.1) is 17.8 Å². The van der Waals surface area contributed by atoms with Gasteiger partial charge in [0, 0.05) is 23.6 Å². The van der Waals surface area contributed by atoms with Crippen LogP contribution < -0.4 is 5.32 Å². The Morgan fingerprint density at radius 1 is 1.50 bits per heavy atom. The molecule has 4 nitrogen and oxygen atoms in total. The molecule has 1 saturated heterocycles. The second-order valence-electron chi connectivity index (χ2n) is 5.79. The fourth-order valence-electron chi connectivity index (χ4n) is 3.18. The quantitative estimate of drug-likeness (QED) is 0.889. The van der Waals surface area contributed by atoms with Crippen LogP contribution in [-0.4, -0.2) is 25.5 Å². The third-order valence-electron chi connectivity index (χ3n) is 4.08. The smallest absolute Gasteiger partial charge is 0.152 e. The van der Waals surface area contributed by atoms with E-state index in [-0.39, 0.29) is 17.3 Å². The molecule has 0 amide bonds. The summed E-state index contributed by atoms with van der Waals surface area (Å²) in [5, 5.41) is 3.55. The summed E-state index contributed by atoms with van der Waals surface area (Å²) >= 11 is 0. The van der Waals surface area contributed by atoms with Gasteiger partial charge in [0.25, 0.3) is 0 Å². The minimum atomic E-state index is -2.85. The maximum atomic E-state index is 11.6. The summed E-state index contributed by atoms with van der Waals surface area (Å²) in [6, 6.07) is 2.25. The number of hydrogen-bond acceptors (Lipinski definition) is 4. The minimum absolute atomic E-state index is 0.241. The Kier molecular flexibility index (Phi) is 2.79. The summed E-state index contributed by atoms with van der Waals surface area (Å²) < 4.78 is 28.7. The minimum Gasteiger partial charge on any atom is -0.469 e. The van der Waals surface area contributed by atoms with Crippen LogP contribution in [0.1, 0.15) is 43.6 Å². The van der Waals surface area contributed by atoms with Crippen LogP contribution >= 0.6 is 0 Å². The summed E-state index contributed by atoms with van der Waals surface area (Å²) in [6.07, 6.45) is 5.59. The molecule has 0 spiro atoms. The summed E-state index contributed by atoms with van der Waals surface area (Å²) in [5.74, 6) is 1.62. The lowest BCUT2D eigenvalue weighted by Gasteiger charge is -2.32. The molecule has 1 aliphatic heterocycles. The Morgan fingerprint density at radius 2 is 2.33 bits per heavy atom. The third kappa shape index (κ3) is 2.21. The van der Waals surface area contributed by atoms with Crippen LogP contribution in [0.5, 0.6) is 0 Å². The van der Waals surface area contributed by atoms with Gasteiger partial charge in [-0.25, -0.2) is 8.42 Å². The van der Waals surface area contributed by atoms with E-state index < -0.39 is 9.84 Å². The van der Waals surface area contributed by atoms with Crippen molar-refractivity contribution >= 4 is 9.84 Å². The molecule has 0 aromatic carbocycles. The largest absolute Gasteiger partial charge is 0.469 e. The molecule has 0 radical (unpaired) electrons. The zero-order chi connectivity index (χ0) is 12.8. The van der Waals surface area contributed by atoms with Gasteiger partial charge in [-0.05, 0) is 32.3 Å². The lowest BCUT2D eigenvalue weighted by molar-refractivity contribution is 0.311. The summed E-state index contributed by atoms with van der Waals surface area (Å²) in [7, 11) is -2.85. The topological polar surface area (TPSA) is 59.3 Å². The van der Waals surface area contributed by atoms with E-state index in [1.54, 1.807) is 6.26 Å². The van der Waals surface area contributed by atoms with Crippen molar-refractivity contribution in [1.82, 2.24) is 5.32 Å². The molecule has 1 aliphatic carbocycles. The first-order valence-corrected chi connectivity index (χ1v) is 8.34. The van der Waals surface area contributed by atoms with Crippen LogP contribution in [-0.2, 0) is 16.3 Å². The van der Waals surface area contributed by atoms with Crippen molar-refractivity contribution in [3.63, 3.8) is 0 Å². The van der Waals surface area contributed by atoms with E-state index in [0.29, 0.717) is 12.2 Å². The summed E-state index contributed by atoms with van der Waals surface area (Å²) in [5.41, 5.74) is 0.932. The molecular weight excluding hydrogens is 250 g/mol. The number of sulfone groups is 1. The molecule has 1 aromatic rings. The molecule has 5 heteroatoms. The van der Waals surface area contributed by atoms with E-state index in [1.165, 1.54) is 5.56 Å². The van der Waals surface area contributed by atoms with Crippen LogP contribution in [0.25, 0.3) is 0 Å². The lowest BCUT2D eigenvalue weighted by Crippen LogP contribution is -2.46. The molecule has 2 atom stereocenters. The molecule has 2 heterocycles. The Bertz CT molecular complexity index is 548. The van der Waals surface area contributed by atoms with Crippen LogP contribution in [0.4, 0.5) is 0 Å². The maximum absolute atomic E-state index is 11.6. The molecule has 0 saturated carbocycles. The van der Waals surface area contributed by atoms with Crippen LogP contribution in [0.15, 0.2) is 16.7 Å². The van der Waals surface area contributed by atoms with Crippen molar-refractivity contribution in [3.8, 4) is 0 Å². The standard InChI is InChI=1S/C13H19NO3S/c1-13(6-8-18(15,16)9-13)14-11-3-2-4-12-10(11)5-7-17-12/h5,7,11,14H,2-4,6,8-9H2,1H3. The molecule has 2 aliphatic rings. The number of furan rings is 1. The molecule has 18 heavy (non-hydrogen) atoms. The SMILES string of the molecule is CC1(NC2CCCc3occc32)CCS(=O)(=O)C1. The van der Waals surface area contributed by atoms with E-state index >= 15 is 0 Å². The normalized spacial score (nSPS) is 34.4. The van der Waals surface area contributed by atoms with Gasteiger partial charge in [0.1, 0.15) is 5.76 Å². The highest BCUT2D eigenvalue weighted by atomic mass is 32.2. The number of rotatable bonds is 2. The zero-order valence-electron chi connectivity index (χ0n) is 10.6. The molecule has 1 aromatic heterocycles. The molecule has 1 fully saturated rings. The monoisotopic (exact) mass is 269 g/mol. The van der Waals surface area contributed by atoms with E-state index in [4.69, 9.17) is 4.42 Å². The highest BCUT2D eigenvalue weighted by Crippen LogP contribution is 2.34. The Hall–Kier alpha value is -0.810. The average molecular weight is 269 g/mol. The third-order valence-corrected chi connectivity index (χ3v) is 5.98. The predicted molar refractivity (Wildman–Crippen MR) is 69.2 cm³/mol. The van der Waals surface area contributed by atoms with E-state index in [1.807, 2.05) is 13.0 Å². The van der Waals surface area contributed by atoms with Gasteiger partial charge in [0.2, 0.25) is 0 Å². The van der Waals surface area contributed by atoms with Crippen molar-refractivity contribution in [2.24, 2.45) is 0 Å². The Labute approximate surface area is 108 Å². The summed E-state index contributed by atoms with van der Waals surface area (Å²) in [4.78, 5) is 0. The first kappa shape index (κ1) is 12.2. The van der Waals surface area contributed by atoms with Gasteiger partial charge >= 0.3 is 0 Å². The predicted octanol–water partition coefficient (Wildman–Crippen LogP) is 1.82. The summed E-state index contributed by atoms with van der Waals surface area (Å²) in [6.45, 7) is 2.02. The van der Waals surface area contributed by atoms with Crippen molar-refractivity contribution < 1.29 is 12.8 Å². The van der Waals surface area contributed by atoms with Gasteiger partial charge in [-0.3, -0.25) is 0 Å². The number of nitrogens with one attached hydrogen (secondary N) is 1. The molecular formula is C13H19NO3S. The zero-order valence-corrected chi connectivity index (χ0v) is 11.4. The maximum Gasteiger partial charge on any atom is 0.152 e. The van der Waals surface area contributed by atoms with Gasteiger partial charge in [-0.2, -0.15) is 0 Å². The fraction of sp³-hybridized carbons (Fsp3) is 0.692. The molecule has 100 valence electrons. The number of hydrogen-bond donors (Lipinski definition) is 1. The van der Waals surface area contributed by atoms with Crippen molar-refractivity contribution in [3.05, 3.63) is 23.7 Å². The molecule has 3 rings (SSSR count). The Morgan fingerprint density at radius 3 is 3.06 bits per heavy atom. The van der Waals surface area contributed by atoms with Crippen LogP contribution in [0.3, 0.4) is 0 Å². The van der Waals surface area contributed by atoms with Gasteiger partial charge in [0.15, 0.2) is 9.84 Å². The second-order valence-corrected chi connectivity index (χ2v) is 7.98. The highest BCUT2D eigenvalue weighted by molar-refractivity contribution is 7.91. The van der Waals surface area contributed by atoms with Crippen LogP contribution in [0.2, 0.25) is 0 Å². The number of aryl methyl sites for hydroxylation is 1. The second kappa shape index (κ2) is 4.10. The Balaban J connectivity index is 1.79. The van der Waals surface area contributed by atoms with Gasteiger partial charge < -0.3 is 9.73 Å². The van der Waals surface area contributed by atoms with E-state index in [2.05, 4.69) is 5.32 Å². The lowest BCUT2D eigenvalue weighted by atomic mass is 9.90.